The molecule has 2 amide bonds. The summed E-state index contributed by atoms with van der Waals surface area (Å²) in [5, 5.41) is 24.8. The summed E-state index contributed by atoms with van der Waals surface area (Å²) in [6, 6.07) is 0. The molecule has 6 N–H and O–H groups in total. The zero-order valence-corrected chi connectivity index (χ0v) is 25.6. The van der Waals surface area contributed by atoms with Gasteiger partial charge in [-0.05, 0) is 98.9 Å². The second-order valence-corrected chi connectivity index (χ2v) is 11.1. The van der Waals surface area contributed by atoms with Crippen molar-refractivity contribution in [3.8, 4) is 0 Å². The Morgan fingerprint density at radius 3 is 1.58 bits per heavy atom. The van der Waals surface area contributed by atoms with Gasteiger partial charge in [-0.1, -0.05) is 13.8 Å². The summed E-state index contributed by atoms with van der Waals surface area (Å²) in [6.45, 7) is 11.5. The topological polar surface area (TPSA) is 164 Å². The molecule has 0 aromatic carbocycles. The van der Waals surface area contributed by atoms with Gasteiger partial charge in [0.25, 0.3) is 11.8 Å². The molecule has 0 radical (unpaired) electrons. The zero-order valence-electron chi connectivity index (χ0n) is 25.6. The number of carboxylic acids is 2. The molecule has 2 aliphatic rings. The molecular formula is C33H40N4O6. The molecule has 4 heterocycles. The van der Waals surface area contributed by atoms with E-state index in [1.54, 1.807) is 6.92 Å². The van der Waals surface area contributed by atoms with E-state index in [0.29, 0.717) is 43.4 Å². The first-order chi connectivity index (χ1) is 20.4. The van der Waals surface area contributed by atoms with Gasteiger partial charge in [0, 0.05) is 64.6 Å². The van der Waals surface area contributed by atoms with Crippen molar-refractivity contribution < 1.29 is 29.4 Å². The number of nitrogens with one attached hydrogen (secondary N) is 4. The molecule has 43 heavy (non-hydrogen) atoms. The second-order valence-electron chi connectivity index (χ2n) is 11.1. The lowest BCUT2D eigenvalue weighted by Crippen LogP contribution is -2.16. The standard InChI is InChI=1S/C33H40N4O6/c1-7-20-19(6)32(42)37-27(20)14-25-18(5)23(10-12-31(40)41)29(35-25)15-28-22(9-11-30(38)39)17(4)24(34-28)13-26-16(3)21(8-2)33(43)36-26/h13-14,34-35H,7-12,15H2,1-6H3,(H,36,43)(H,37,42)(H,38,39)(H,40,41)/b26-13-,27-14-. The molecule has 0 unspecified atom stereocenters. The van der Waals surface area contributed by atoms with Crippen LogP contribution in [0, 0.1) is 13.8 Å². The average molecular weight is 589 g/mol. The Morgan fingerprint density at radius 1 is 0.674 bits per heavy atom. The summed E-state index contributed by atoms with van der Waals surface area (Å²) >= 11 is 0. The van der Waals surface area contributed by atoms with Crippen molar-refractivity contribution in [2.75, 3.05) is 0 Å². The minimum atomic E-state index is -0.902. The smallest absolute Gasteiger partial charge is 0.303 e. The van der Waals surface area contributed by atoms with Crippen LogP contribution in [-0.4, -0.2) is 43.9 Å². The molecule has 0 saturated carbocycles. The molecule has 0 fully saturated rings. The molecule has 2 aromatic rings. The molecule has 228 valence electrons. The van der Waals surface area contributed by atoms with Crippen LogP contribution in [0.2, 0.25) is 0 Å². The van der Waals surface area contributed by atoms with Crippen LogP contribution in [0.5, 0.6) is 0 Å². The number of carbonyl (C=O) groups excluding carboxylic acids is 2. The third-order valence-electron chi connectivity index (χ3n) is 8.57. The number of amides is 2. The van der Waals surface area contributed by atoms with Crippen molar-refractivity contribution in [2.45, 2.75) is 86.5 Å². The predicted octanol–water partition coefficient (Wildman–Crippen LogP) is 4.98. The highest BCUT2D eigenvalue weighted by molar-refractivity contribution is 6.01. The zero-order chi connectivity index (χ0) is 31.6. The maximum Gasteiger partial charge on any atom is 0.303 e. The second kappa shape index (κ2) is 12.7. The van der Waals surface area contributed by atoms with E-state index in [1.807, 2.05) is 46.8 Å². The van der Waals surface area contributed by atoms with Crippen molar-refractivity contribution in [1.82, 2.24) is 20.6 Å². The average Bonchev–Trinajstić information content (AvgIpc) is 3.59. The quantitative estimate of drug-likeness (QED) is 0.205. The van der Waals surface area contributed by atoms with Crippen LogP contribution in [0.4, 0.5) is 0 Å². The molecule has 0 atom stereocenters. The van der Waals surface area contributed by atoms with Crippen LogP contribution >= 0.6 is 0 Å². The maximum atomic E-state index is 12.4. The van der Waals surface area contributed by atoms with E-state index in [-0.39, 0.29) is 24.7 Å². The summed E-state index contributed by atoms with van der Waals surface area (Å²) in [5.74, 6) is -2.04. The third-order valence-corrected chi connectivity index (χ3v) is 8.57. The summed E-state index contributed by atoms with van der Waals surface area (Å²) in [7, 11) is 0. The van der Waals surface area contributed by atoms with Crippen molar-refractivity contribution in [3.63, 3.8) is 0 Å². The van der Waals surface area contributed by atoms with Gasteiger partial charge in [-0.2, -0.15) is 0 Å². The Balaban J connectivity index is 1.79. The van der Waals surface area contributed by atoms with Gasteiger partial charge in [0.05, 0.1) is 0 Å². The number of hydrogen-bond acceptors (Lipinski definition) is 4. The number of carboxylic acid groups (broad SMARTS) is 2. The Labute approximate surface area is 251 Å². The molecule has 10 nitrogen and oxygen atoms in total. The Bertz CT molecular complexity index is 1640. The molecule has 4 rings (SSSR count). The molecule has 0 bridgehead atoms. The van der Waals surface area contributed by atoms with Crippen molar-refractivity contribution in [3.05, 3.63) is 78.7 Å². The molecular weight excluding hydrogens is 548 g/mol. The van der Waals surface area contributed by atoms with Crippen LogP contribution in [-0.2, 0) is 38.4 Å². The highest BCUT2D eigenvalue weighted by atomic mass is 16.4. The van der Waals surface area contributed by atoms with E-state index in [1.165, 1.54) is 0 Å². The normalized spacial score (nSPS) is 17.1. The predicted molar refractivity (Wildman–Crippen MR) is 164 cm³/mol. The van der Waals surface area contributed by atoms with Crippen LogP contribution < -0.4 is 10.6 Å². The Hall–Kier alpha value is -4.60. The number of hydrogen-bond donors (Lipinski definition) is 6. The van der Waals surface area contributed by atoms with Gasteiger partial charge in [-0.3, -0.25) is 19.2 Å². The molecule has 2 aliphatic heterocycles. The first kappa shape index (κ1) is 31.3. The molecule has 0 saturated heterocycles. The van der Waals surface area contributed by atoms with Gasteiger partial charge >= 0.3 is 11.9 Å². The van der Waals surface area contributed by atoms with Crippen LogP contribution in [0.3, 0.4) is 0 Å². The van der Waals surface area contributed by atoms with Crippen molar-refractivity contribution in [2.24, 2.45) is 0 Å². The van der Waals surface area contributed by atoms with E-state index in [2.05, 4.69) is 20.6 Å². The lowest BCUT2D eigenvalue weighted by atomic mass is 9.98. The van der Waals surface area contributed by atoms with E-state index in [4.69, 9.17) is 0 Å². The highest BCUT2D eigenvalue weighted by Gasteiger charge is 2.26. The number of aliphatic carboxylic acids is 2. The Morgan fingerprint density at radius 2 is 1.14 bits per heavy atom. The fourth-order valence-corrected chi connectivity index (χ4v) is 6.04. The lowest BCUT2D eigenvalue weighted by molar-refractivity contribution is -0.138. The summed E-state index contributed by atoms with van der Waals surface area (Å²) in [4.78, 5) is 54.8. The molecule has 0 aliphatic carbocycles. The van der Waals surface area contributed by atoms with E-state index < -0.39 is 11.9 Å². The monoisotopic (exact) mass is 588 g/mol. The summed E-state index contributed by atoms with van der Waals surface area (Å²) < 4.78 is 0. The van der Waals surface area contributed by atoms with Crippen molar-refractivity contribution >= 4 is 35.9 Å². The van der Waals surface area contributed by atoms with Gasteiger partial charge in [-0.15, -0.1) is 0 Å². The minimum absolute atomic E-state index is 0.0459. The Kier molecular flexibility index (Phi) is 9.27. The van der Waals surface area contributed by atoms with Gasteiger partial charge in [0.15, 0.2) is 0 Å². The van der Waals surface area contributed by atoms with Crippen LogP contribution in [0.1, 0.15) is 98.4 Å². The van der Waals surface area contributed by atoms with E-state index in [0.717, 1.165) is 67.4 Å². The summed E-state index contributed by atoms with van der Waals surface area (Å²) in [5.41, 5.74) is 11.5. The highest BCUT2D eigenvalue weighted by Crippen LogP contribution is 2.32. The largest absolute Gasteiger partial charge is 0.481 e. The first-order valence-corrected chi connectivity index (χ1v) is 14.7. The van der Waals surface area contributed by atoms with E-state index >= 15 is 0 Å². The molecule has 2 aromatic heterocycles. The minimum Gasteiger partial charge on any atom is -0.481 e. The number of carbonyl (C=O) groups is 4. The van der Waals surface area contributed by atoms with Crippen LogP contribution in [0.25, 0.3) is 12.2 Å². The van der Waals surface area contributed by atoms with Crippen LogP contribution in [0.15, 0.2) is 33.7 Å². The lowest BCUT2D eigenvalue weighted by Gasteiger charge is -2.07. The number of H-pyrrole nitrogens is 2. The number of allylic oxidation sites excluding steroid dienone is 2. The van der Waals surface area contributed by atoms with Gasteiger partial charge in [0.2, 0.25) is 0 Å². The number of aromatic nitrogens is 2. The first-order valence-electron chi connectivity index (χ1n) is 14.7. The fourth-order valence-electron chi connectivity index (χ4n) is 6.04. The maximum absolute atomic E-state index is 12.4. The summed E-state index contributed by atoms with van der Waals surface area (Å²) in [6.07, 6.45) is 6.04. The van der Waals surface area contributed by atoms with Gasteiger partial charge in [-0.25, -0.2) is 0 Å². The SMILES string of the molecule is CCC1=C(C)/C(=C/c2[nH]c(Cc3[nH]c(/C=C4\NC(=O)C(C)=C4CC)c(C)c3CCC(=O)O)c(CCC(=O)O)c2C)NC1=O. The van der Waals surface area contributed by atoms with E-state index in [9.17, 15) is 29.4 Å². The number of aromatic amines is 2. The van der Waals surface area contributed by atoms with Crippen molar-refractivity contribution in [1.29, 1.82) is 0 Å². The molecule has 10 heteroatoms. The van der Waals surface area contributed by atoms with Gasteiger partial charge < -0.3 is 30.8 Å². The van der Waals surface area contributed by atoms with Gasteiger partial charge in [0.1, 0.15) is 0 Å². The fraction of sp³-hybridized carbons (Fsp3) is 0.394. The third kappa shape index (κ3) is 6.43. The molecule has 0 spiro atoms. The number of rotatable bonds is 12.